The van der Waals surface area contributed by atoms with Crippen LogP contribution in [-0.4, -0.2) is 6.61 Å². The zero-order valence-corrected chi connectivity index (χ0v) is 8.96. The number of halogens is 3. The van der Waals surface area contributed by atoms with Gasteiger partial charge in [0.1, 0.15) is 17.4 Å². The zero-order valence-electron chi connectivity index (χ0n) is 6.69. The van der Waals surface area contributed by atoms with Crippen LogP contribution >= 0.6 is 34.8 Å². The van der Waals surface area contributed by atoms with Crippen molar-refractivity contribution in [2.45, 2.75) is 0 Å². The van der Waals surface area contributed by atoms with Gasteiger partial charge in [-0.05, 0) is 12.1 Å². The summed E-state index contributed by atoms with van der Waals surface area (Å²) in [6.07, 6.45) is 1.62. The van der Waals surface area contributed by atoms with E-state index in [0.29, 0.717) is 27.4 Å². The first-order valence-electron chi connectivity index (χ1n) is 3.54. The lowest BCUT2D eigenvalue weighted by Gasteiger charge is -2.07. The average Bonchev–Trinajstić information content (AvgIpc) is 2.13. The van der Waals surface area contributed by atoms with E-state index in [1.807, 2.05) is 0 Å². The molecule has 70 valence electrons. The van der Waals surface area contributed by atoms with Gasteiger partial charge in [-0.3, -0.25) is 0 Å². The van der Waals surface area contributed by atoms with E-state index < -0.39 is 0 Å². The Morgan fingerprint density at radius 2 is 1.92 bits per heavy atom. The van der Waals surface area contributed by atoms with Crippen LogP contribution < -0.4 is 4.74 Å². The van der Waals surface area contributed by atoms with Crippen molar-refractivity contribution in [3.8, 4) is 5.75 Å². The van der Waals surface area contributed by atoms with Gasteiger partial charge in [0.15, 0.2) is 0 Å². The molecule has 0 N–H and O–H groups in total. The van der Waals surface area contributed by atoms with Crippen molar-refractivity contribution < 1.29 is 4.74 Å². The van der Waals surface area contributed by atoms with E-state index in [4.69, 9.17) is 39.5 Å². The van der Waals surface area contributed by atoms with Gasteiger partial charge in [0.25, 0.3) is 0 Å². The maximum atomic E-state index is 5.86. The minimum absolute atomic E-state index is 0.310. The Morgan fingerprint density at radius 1 is 1.23 bits per heavy atom. The summed E-state index contributed by atoms with van der Waals surface area (Å²) in [4.78, 5) is 0. The molecule has 1 nitrogen and oxygen atoms in total. The summed E-state index contributed by atoms with van der Waals surface area (Å²) >= 11 is 17.4. The summed E-state index contributed by atoms with van der Waals surface area (Å²) < 4.78 is 5.23. The van der Waals surface area contributed by atoms with E-state index in [2.05, 4.69) is 6.58 Å². The lowest BCUT2D eigenvalue weighted by Crippen LogP contribution is -1.93. The van der Waals surface area contributed by atoms with Crippen LogP contribution in [0.25, 0.3) is 0 Å². The van der Waals surface area contributed by atoms with Gasteiger partial charge >= 0.3 is 0 Å². The van der Waals surface area contributed by atoms with Gasteiger partial charge in [-0.2, -0.15) is 0 Å². The molecule has 1 aromatic rings. The second-order valence-corrected chi connectivity index (χ2v) is 3.44. The summed E-state index contributed by atoms with van der Waals surface area (Å²) in [6, 6.07) is 3.30. The van der Waals surface area contributed by atoms with E-state index >= 15 is 0 Å². The zero-order chi connectivity index (χ0) is 9.84. The van der Waals surface area contributed by atoms with Gasteiger partial charge in [-0.25, -0.2) is 0 Å². The molecule has 0 amide bonds. The molecule has 0 aromatic heterocycles. The Morgan fingerprint density at radius 3 is 2.54 bits per heavy atom. The quantitative estimate of drug-likeness (QED) is 0.565. The minimum Gasteiger partial charge on any atom is -0.488 e. The van der Waals surface area contributed by atoms with Crippen LogP contribution in [0.4, 0.5) is 0 Å². The maximum absolute atomic E-state index is 5.86. The van der Waals surface area contributed by atoms with Crippen molar-refractivity contribution in [2.75, 3.05) is 6.61 Å². The SMILES string of the molecule is C=CCOc1ccc(Cl)c(Cl)c1Cl. The molecule has 4 heteroatoms. The molecule has 0 aliphatic heterocycles. The molecule has 0 spiro atoms. The molecule has 1 aromatic carbocycles. The first kappa shape index (κ1) is 10.7. The van der Waals surface area contributed by atoms with Gasteiger partial charge in [0.05, 0.1) is 10.0 Å². The van der Waals surface area contributed by atoms with Crippen molar-refractivity contribution in [1.29, 1.82) is 0 Å². The average molecular weight is 238 g/mol. The molecule has 0 bridgehead atoms. The van der Waals surface area contributed by atoms with Crippen molar-refractivity contribution in [3.05, 3.63) is 39.9 Å². The maximum Gasteiger partial charge on any atom is 0.140 e. The Balaban J connectivity index is 2.96. The Kier molecular flexibility index (Phi) is 3.91. The first-order valence-corrected chi connectivity index (χ1v) is 4.67. The van der Waals surface area contributed by atoms with Gasteiger partial charge in [-0.1, -0.05) is 47.5 Å². The fourth-order valence-corrected chi connectivity index (χ4v) is 1.35. The van der Waals surface area contributed by atoms with E-state index in [1.165, 1.54) is 0 Å². The molecule has 0 fully saturated rings. The van der Waals surface area contributed by atoms with E-state index in [0.717, 1.165) is 0 Å². The molecule has 13 heavy (non-hydrogen) atoms. The highest BCUT2D eigenvalue weighted by Gasteiger charge is 2.08. The number of ether oxygens (including phenoxy) is 1. The third-order valence-corrected chi connectivity index (χ3v) is 2.63. The Labute approximate surface area is 91.9 Å². The van der Waals surface area contributed by atoms with Crippen molar-refractivity contribution >= 4 is 34.8 Å². The van der Waals surface area contributed by atoms with Crippen LogP contribution in [0.5, 0.6) is 5.75 Å². The highest BCUT2D eigenvalue weighted by Crippen LogP contribution is 2.36. The van der Waals surface area contributed by atoms with Crippen molar-refractivity contribution in [2.24, 2.45) is 0 Å². The van der Waals surface area contributed by atoms with Gasteiger partial charge in [0, 0.05) is 0 Å². The smallest absolute Gasteiger partial charge is 0.140 e. The van der Waals surface area contributed by atoms with Crippen molar-refractivity contribution in [1.82, 2.24) is 0 Å². The van der Waals surface area contributed by atoms with E-state index in [1.54, 1.807) is 18.2 Å². The molecule has 0 saturated carbocycles. The summed E-state index contributed by atoms with van der Waals surface area (Å²) in [5.41, 5.74) is 0. The molecule has 0 radical (unpaired) electrons. The Hall–Kier alpha value is -0.370. The summed E-state index contributed by atoms with van der Waals surface area (Å²) in [5, 5.41) is 1.05. The molecule has 0 aliphatic carbocycles. The van der Waals surface area contributed by atoms with Crippen LogP contribution in [0, 0.1) is 0 Å². The topological polar surface area (TPSA) is 9.23 Å². The van der Waals surface area contributed by atoms with Crippen molar-refractivity contribution in [3.63, 3.8) is 0 Å². The van der Waals surface area contributed by atoms with Crippen LogP contribution in [0.2, 0.25) is 15.1 Å². The first-order chi connectivity index (χ1) is 6.16. The normalized spacial score (nSPS) is 9.77. The molecule has 0 atom stereocenters. The number of rotatable bonds is 3. The van der Waals surface area contributed by atoms with Crippen LogP contribution in [0.15, 0.2) is 24.8 Å². The number of hydrogen-bond acceptors (Lipinski definition) is 1. The monoisotopic (exact) mass is 236 g/mol. The third kappa shape index (κ3) is 2.53. The molecule has 1 rings (SSSR count). The van der Waals surface area contributed by atoms with E-state index in [-0.39, 0.29) is 0 Å². The standard InChI is InChI=1S/C9H7Cl3O/c1-2-5-13-7-4-3-6(10)8(11)9(7)12/h2-4H,1,5H2. The number of benzene rings is 1. The van der Waals surface area contributed by atoms with Gasteiger partial charge in [-0.15, -0.1) is 0 Å². The second kappa shape index (κ2) is 4.75. The predicted octanol–water partition coefficient (Wildman–Crippen LogP) is 4.21. The van der Waals surface area contributed by atoms with Crippen LogP contribution in [0.3, 0.4) is 0 Å². The summed E-state index contributed by atoms with van der Waals surface area (Å²) in [5.74, 6) is 0.510. The lowest BCUT2D eigenvalue weighted by atomic mass is 10.3. The lowest BCUT2D eigenvalue weighted by molar-refractivity contribution is 0.363. The third-order valence-electron chi connectivity index (χ3n) is 1.36. The Bertz CT molecular complexity index is 323. The summed E-state index contributed by atoms with van der Waals surface area (Å²) in [6.45, 7) is 3.90. The molecular formula is C9H7Cl3O. The van der Waals surface area contributed by atoms with Crippen LogP contribution in [0.1, 0.15) is 0 Å². The summed E-state index contributed by atoms with van der Waals surface area (Å²) in [7, 11) is 0. The number of hydrogen-bond donors (Lipinski definition) is 0. The predicted molar refractivity (Wildman–Crippen MR) is 57.2 cm³/mol. The van der Waals surface area contributed by atoms with Gasteiger partial charge in [0.2, 0.25) is 0 Å². The second-order valence-electron chi connectivity index (χ2n) is 2.27. The molecule has 0 aliphatic rings. The van der Waals surface area contributed by atoms with Crippen LogP contribution in [-0.2, 0) is 0 Å². The largest absolute Gasteiger partial charge is 0.488 e. The fourth-order valence-electron chi connectivity index (χ4n) is 0.768. The molecule has 0 heterocycles. The fraction of sp³-hybridized carbons (Fsp3) is 0.111. The minimum atomic E-state index is 0.310. The molecule has 0 saturated heterocycles. The van der Waals surface area contributed by atoms with E-state index in [9.17, 15) is 0 Å². The molecule has 0 unspecified atom stereocenters. The van der Waals surface area contributed by atoms with Gasteiger partial charge < -0.3 is 4.74 Å². The highest BCUT2D eigenvalue weighted by molar-refractivity contribution is 6.48. The molecular weight excluding hydrogens is 230 g/mol. The highest BCUT2D eigenvalue weighted by atomic mass is 35.5.